The Labute approximate surface area is 167 Å². The number of nitrogens with two attached hydrogens (primary N) is 1. The van der Waals surface area contributed by atoms with Gasteiger partial charge in [0.05, 0.1) is 4.90 Å². The maximum atomic E-state index is 13.8. The van der Waals surface area contributed by atoms with Crippen LogP contribution in [0, 0.1) is 5.82 Å². The monoisotopic (exact) mass is 408 g/mol. The Bertz CT molecular complexity index is 1250. The maximum absolute atomic E-state index is 13.8. The van der Waals surface area contributed by atoms with Gasteiger partial charge in [0.25, 0.3) is 0 Å². The van der Waals surface area contributed by atoms with E-state index in [1.807, 2.05) is 30.3 Å². The van der Waals surface area contributed by atoms with Gasteiger partial charge < -0.3 is 4.42 Å². The van der Waals surface area contributed by atoms with Crippen LogP contribution in [0.3, 0.4) is 0 Å². The molecule has 0 unspecified atom stereocenters. The number of hydrogen-bond donors (Lipinski definition) is 1. The van der Waals surface area contributed by atoms with Crippen LogP contribution in [0.5, 0.6) is 0 Å². The molecule has 0 saturated heterocycles. The summed E-state index contributed by atoms with van der Waals surface area (Å²) in [7, 11) is -3.80. The topological polar surface area (TPSA) is 86.2 Å². The lowest BCUT2D eigenvalue weighted by molar-refractivity contribution is 0.519. The van der Waals surface area contributed by atoms with E-state index >= 15 is 0 Å². The van der Waals surface area contributed by atoms with Crippen molar-refractivity contribution in [3.63, 3.8) is 0 Å². The Morgan fingerprint density at radius 2 is 1.62 bits per heavy atom. The van der Waals surface area contributed by atoms with Crippen LogP contribution in [-0.2, 0) is 16.4 Å². The van der Waals surface area contributed by atoms with Crippen LogP contribution in [0.4, 0.5) is 4.39 Å². The molecule has 146 valence electrons. The van der Waals surface area contributed by atoms with E-state index in [-0.39, 0.29) is 10.7 Å². The molecule has 0 aliphatic heterocycles. The van der Waals surface area contributed by atoms with Gasteiger partial charge in [0.1, 0.15) is 11.5 Å². The summed E-state index contributed by atoms with van der Waals surface area (Å²) < 4.78 is 42.8. The summed E-state index contributed by atoms with van der Waals surface area (Å²) in [5.74, 6) is 0.522. The average molecular weight is 408 g/mol. The lowest BCUT2D eigenvalue weighted by atomic mass is 10.1. The first-order valence-corrected chi connectivity index (χ1v) is 10.4. The Morgan fingerprint density at radius 1 is 0.897 bits per heavy atom. The van der Waals surface area contributed by atoms with Crippen molar-refractivity contribution in [2.24, 2.45) is 5.14 Å². The molecule has 29 heavy (non-hydrogen) atoms. The van der Waals surface area contributed by atoms with Gasteiger partial charge in [-0.25, -0.2) is 22.9 Å². The quantitative estimate of drug-likeness (QED) is 0.531. The standard InChI is InChI=1S/C22H17FN2O3S/c23-18-8-4-7-17(14-18)21-22(16-9-11-19(12-10-16)29(24,26)27)28-20(25-21)13-15-5-2-1-3-6-15/h1-12,14H,13H2,(H2,24,26,27). The molecule has 0 fully saturated rings. The smallest absolute Gasteiger partial charge is 0.238 e. The van der Waals surface area contributed by atoms with E-state index < -0.39 is 10.0 Å². The van der Waals surface area contributed by atoms with E-state index in [1.54, 1.807) is 24.3 Å². The van der Waals surface area contributed by atoms with Gasteiger partial charge in [0, 0.05) is 17.5 Å². The number of rotatable bonds is 5. The Balaban J connectivity index is 1.80. The molecule has 0 radical (unpaired) electrons. The van der Waals surface area contributed by atoms with E-state index in [2.05, 4.69) is 4.98 Å². The SMILES string of the molecule is NS(=O)(=O)c1ccc(-c2oc(Cc3ccccc3)nc2-c2cccc(F)c2)cc1. The van der Waals surface area contributed by atoms with Crippen molar-refractivity contribution in [2.75, 3.05) is 0 Å². The van der Waals surface area contributed by atoms with Crippen molar-refractivity contribution in [3.05, 3.63) is 96.1 Å². The lowest BCUT2D eigenvalue weighted by Gasteiger charge is -2.03. The highest BCUT2D eigenvalue weighted by molar-refractivity contribution is 7.89. The number of sulfonamides is 1. The zero-order valence-electron chi connectivity index (χ0n) is 15.2. The number of hydrogen-bond acceptors (Lipinski definition) is 4. The van der Waals surface area contributed by atoms with E-state index in [0.29, 0.717) is 34.9 Å². The highest BCUT2D eigenvalue weighted by Crippen LogP contribution is 2.34. The number of benzene rings is 3. The van der Waals surface area contributed by atoms with Gasteiger partial charge in [-0.1, -0.05) is 42.5 Å². The van der Waals surface area contributed by atoms with Gasteiger partial charge in [0.15, 0.2) is 11.7 Å². The van der Waals surface area contributed by atoms with Crippen molar-refractivity contribution in [1.29, 1.82) is 0 Å². The van der Waals surface area contributed by atoms with Crippen molar-refractivity contribution in [3.8, 4) is 22.6 Å². The lowest BCUT2D eigenvalue weighted by Crippen LogP contribution is -2.11. The predicted molar refractivity (Wildman–Crippen MR) is 108 cm³/mol. The molecule has 0 atom stereocenters. The average Bonchev–Trinajstić information content (AvgIpc) is 3.12. The molecule has 3 aromatic carbocycles. The number of oxazole rings is 1. The van der Waals surface area contributed by atoms with Crippen molar-refractivity contribution >= 4 is 10.0 Å². The fourth-order valence-electron chi connectivity index (χ4n) is 3.03. The molecule has 5 nitrogen and oxygen atoms in total. The summed E-state index contributed by atoms with van der Waals surface area (Å²) in [5, 5.41) is 5.17. The van der Waals surface area contributed by atoms with Gasteiger partial charge in [0.2, 0.25) is 10.0 Å². The van der Waals surface area contributed by atoms with Crippen LogP contribution < -0.4 is 5.14 Å². The molecular weight excluding hydrogens is 391 g/mol. The number of halogens is 1. The molecule has 0 amide bonds. The van der Waals surface area contributed by atoms with E-state index in [1.165, 1.54) is 24.3 Å². The fraction of sp³-hybridized carbons (Fsp3) is 0.0455. The minimum atomic E-state index is -3.80. The van der Waals surface area contributed by atoms with Crippen molar-refractivity contribution < 1.29 is 17.2 Å². The van der Waals surface area contributed by atoms with E-state index in [0.717, 1.165) is 5.56 Å². The summed E-state index contributed by atoms with van der Waals surface area (Å²) in [5.41, 5.74) is 2.69. The van der Waals surface area contributed by atoms with E-state index in [9.17, 15) is 12.8 Å². The van der Waals surface area contributed by atoms with Gasteiger partial charge in [-0.15, -0.1) is 0 Å². The Morgan fingerprint density at radius 3 is 2.28 bits per heavy atom. The first-order chi connectivity index (χ1) is 13.9. The summed E-state index contributed by atoms with van der Waals surface area (Å²) in [6.45, 7) is 0. The molecule has 1 heterocycles. The zero-order chi connectivity index (χ0) is 20.4. The molecule has 0 saturated carbocycles. The van der Waals surface area contributed by atoms with E-state index in [4.69, 9.17) is 9.56 Å². The Hall–Kier alpha value is -3.29. The Kier molecular flexibility index (Phi) is 5.00. The van der Waals surface area contributed by atoms with Crippen LogP contribution in [0.1, 0.15) is 11.5 Å². The third kappa shape index (κ3) is 4.26. The molecule has 4 aromatic rings. The van der Waals surface area contributed by atoms with Gasteiger partial charge >= 0.3 is 0 Å². The van der Waals surface area contributed by atoms with Crippen molar-refractivity contribution in [1.82, 2.24) is 4.98 Å². The summed E-state index contributed by atoms with van der Waals surface area (Å²) in [6.07, 6.45) is 0.471. The van der Waals surface area contributed by atoms with Crippen molar-refractivity contribution in [2.45, 2.75) is 11.3 Å². The largest absolute Gasteiger partial charge is 0.440 e. The fourth-order valence-corrected chi connectivity index (χ4v) is 3.55. The normalized spacial score (nSPS) is 11.5. The van der Waals surface area contributed by atoms with Crippen LogP contribution in [0.2, 0.25) is 0 Å². The van der Waals surface area contributed by atoms with Gasteiger partial charge in [-0.3, -0.25) is 0 Å². The molecule has 0 aliphatic rings. The van der Waals surface area contributed by atoms with Gasteiger partial charge in [-0.2, -0.15) is 0 Å². The number of aromatic nitrogens is 1. The number of nitrogens with zero attached hydrogens (tertiary/aromatic N) is 1. The summed E-state index contributed by atoms with van der Waals surface area (Å²) in [4.78, 5) is 4.59. The highest BCUT2D eigenvalue weighted by atomic mass is 32.2. The second-order valence-electron chi connectivity index (χ2n) is 6.53. The molecule has 0 spiro atoms. The first kappa shape index (κ1) is 19.0. The molecule has 1 aromatic heterocycles. The van der Waals surface area contributed by atoms with Gasteiger partial charge in [-0.05, 0) is 42.0 Å². The molecule has 4 rings (SSSR count). The molecular formula is C22H17FN2O3S. The summed E-state index contributed by atoms with van der Waals surface area (Å²) >= 11 is 0. The molecule has 7 heteroatoms. The number of primary sulfonamides is 1. The maximum Gasteiger partial charge on any atom is 0.238 e. The zero-order valence-corrected chi connectivity index (χ0v) is 16.1. The first-order valence-electron chi connectivity index (χ1n) is 8.83. The van der Waals surface area contributed by atoms with Crippen LogP contribution in [-0.4, -0.2) is 13.4 Å². The predicted octanol–water partition coefficient (Wildman–Crippen LogP) is 4.39. The highest BCUT2D eigenvalue weighted by Gasteiger charge is 2.18. The second kappa shape index (κ2) is 7.62. The molecule has 0 aliphatic carbocycles. The minimum absolute atomic E-state index is 0.00224. The van der Waals surface area contributed by atoms with Crippen LogP contribution >= 0.6 is 0 Å². The third-order valence-electron chi connectivity index (χ3n) is 4.41. The third-order valence-corrected chi connectivity index (χ3v) is 5.34. The molecule has 0 bridgehead atoms. The second-order valence-corrected chi connectivity index (χ2v) is 8.09. The summed E-state index contributed by atoms with van der Waals surface area (Å²) in [6, 6.07) is 21.8. The molecule has 2 N–H and O–H groups in total. The van der Waals surface area contributed by atoms with Crippen LogP contribution in [0.25, 0.3) is 22.6 Å². The van der Waals surface area contributed by atoms with Crippen LogP contribution in [0.15, 0.2) is 88.2 Å². The minimum Gasteiger partial charge on any atom is -0.440 e.